The Balaban J connectivity index is 1.84. The maximum Gasteiger partial charge on any atom is 0.287 e. The summed E-state index contributed by atoms with van der Waals surface area (Å²) in [6.45, 7) is 1.60. The van der Waals surface area contributed by atoms with Crippen molar-refractivity contribution in [2.45, 2.75) is 50.8 Å². The molecule has 0 spiro atoms. The summed E-state index contributed by atoms with van der Waals surface area (Å²) in [4.78, 5) is 23.7. The molecule has 1 saturated carbocycles. The van der Waals surface area contributed by atoms with Crippen molar-refractivity contribution in [3.63, 3.8) is 0 Å². The number of furan rings is 1. The molecular formula is C14H20N2O4. The number of amides is 2. The van der Waals surface area contributed by atoms with Gasteiger partial charge < -0.3 is 20.2 Å². The van der Waals surface area contributed by atoms with Crippen LogP contribution in [0.1, 0.15) is 43.2 Å². The van der Waals surface area contributed by atoms with Crippen LogP contribution in [-0.4, -0.2) is 35.1 Å². The summed E-state index contributed by atoms with van der Waals surface area (Å²) in [6, 6.07) is 2.24. The van der Waals surface area contributed by atoms with Crippen LogP contribution in [0.3, 0.4) is 0 Å². The Hall–Kier alpha value is -1.82. The summed E-state index contributed by atoms with van der Waals surface area (Å²) in [6.07, 6.45) is 4.36. The lowest BCUT2D eigenvalue weighted by molar-refractivity contribution is -0.124. The summed E-state index contributed by atoms with van der Waals surface area (Å²) in [5, 5.41) is 15.2. The Labute approximate surface area is 117 Å². The van der Waals surface area contributed by atoms with Gasteiger partial charge >= 0.3 is 0 Å². The fraction of sp³-hybridized carbons (Fsp3) is 0.571. The predicted octanol–water partition coefficient (Wildman–Crippen LogP) is 0.818. The third-order valence-electron chi connectivity index (χ3n) is 3.54. The van der Waals surface area contributed by atoms with Crippen molar-refractivity contribution in [3.05, 3.63) is 24.2 Å². The Kier molecular flexibility index (Phi) is 4.79. The summed E-state index contributed by atoms with van der Waals surface area (Å²) in [5.74, 6) is -0.556. The number of carbonyl (C=O) groups excluding carboxylic acids is 2. The molecule has 20 heavy (non-hydrogen) atoms. The predicted molar refractivity (Wildman–Crippen MR) is 72.0 cm³/mol. The highest BCUT2D eigenvalue weighted by Crippen LogP contribution is 2.18. The summed E-state index contributed by atoms with van der Waals surface area (Å²) < 4.78 is 4.96. The van der Waals surface area contributed by atoms with Gasteiger partial charge in [-0.05, 0) is 31.9 Å². The molecule has 0 bridgehead atoms. The summed E-state index contributed by atoms with van der Waals surface area (Å²) in [7, 11) is 0. The lowest BCUT2D eigenvalue weighted by Gasteiger charge is -2.29. The molecule has 1 aromatic rings. The Morgan fingerprint density at radius 2 is 2.15 bits per heavy atom. The highest BCUT2D eigenvalue weighted by molar-refractivity contribution is 5.95. The summed E-state index contributed by atoms with van der Waals surface area (Å²) >= 11 is 0. The molecule has 2 rings (SSSR count). The van der Waals surface area contributed by atoms with Gasteiger partial charge in [-0.3, -0.25) is 9.59 Å². The van der Waals surface area contributed by atoms with E-state index in [0.29, 0.717) is 6.42 Å². The van der Waals surface area contributed by atoms with Crippen LogP contribution < -0.4 is 10.6 Å². The van der Waals surface area contributed by atoms with Gasteiger partial charge in [-0.2, -0.15) is 0 Å². The number of hydrogen-bond donors (Lipinski definition) is 3. The molecule has 6 heteroatoms. The molecule has 1 aliphatic carbocycles. The molecule has 0 saturated heterocycles. The van der Waals surface area contributed by atoms with E-state index < -0.39 is 18.1 Å². The van der Waals surface area contributed by atoms with E-state index in [1.807, 2.05) is 0 Å². The molecule has 6 nitrogen and oxygen atoms in total. The van der Waals surface area contributed by atoms with Gasteiger partial charge in [-0.1, -0.05) is 12.8 Å². The largest absolute Gasteiger partial charge is 0.459 e. The number of aliphatic hydroxyl groups excluding tert-OH is 1. The Morgan fingerprint density at radius 1 is 1.40 bits per heavy atom. The second-order valence-electron chi connectivity index (χ2n) is 5.14. The smallest absolute Gasteiger partial charge is 0.287 e. The molecule has 110 valence electrons. The van der Waals surface area contributed by atoms with Crippen LogP contribution in [0.2, 0.25) is 0 Å². The molecule has 0 aliphatic heterocycles. The zero-order valence-electron chi connectivity index (χ0n) is 11.5. The van der Waals surface area contributed by atoms with Crippen molar-refractivity contribution in [2.24, 2.45) is 0 Å². The lowest BCUT2D eigenvalue weighted by atomic mass is 9.92. The molecule has 1 aliphatic rings. The third kappa shape index (κ3) is 3.60. The van der Waals surface area contributed by atoms with Gasteiger partial charge in [0, 0.05) is 0 Å². The Bertz CT molecular complexity index is 458. The van der Waals surface area contributed by atoms with Crippen molar-refractivity contribution in [3.8, 4) is 0 Å². The van der Waals surface area contributed by atoms with E-state index in [1.54, 1.807) is 13.0 Å². The lowest BCUT2D eigenvalue weighted by Crippen LogP contribution is -2.52. The highest BCUT2D eigenvalue weighted by atomic mass is 16.3. The molecule has 0 radical (unpaired) electrons. The quantitative estimate of drug-likeness (QED) is 0.761. The molecule has 2 amide bonds. The first-order valence-electron chi connectivity index (χ1n) is 6.90. The fourth-order valence-corrected chi connectivity index (χ4v) is 2.33. The van der Waals surface area contributed by atoms with E-state index in [0.717, 1.165) is 19.3 Å². The number of hydrogen-bond acceptors (Lipinski definition) is 4. The third-order valence-corrected chi connectivity index (χ3v) is 3.54. The van der Waals surface area contributed by atoms with Crippen LogP contribution in [0, 0.1) is 0 Å². The molecule has 3 atom stereocenters. The number of carbonyl (C=O) groups is 2. The van der Waals surface area contributed by atoms with Crippen LogP contribution >= 0.6 is 0 Å². The zero-order valence-corrected chi connectivity index (χ0v) is 11.5. The minimum atomic E-state index is -0.679. The first-order valence-corrected chi connectivity index (χ1v) is 6.90. The minimum absolute atomic E-state index is 0.169. The topological polar surface area (TPSA) is 91.6 Å². The van der Waals surface area contributed by atoms with E-state index >= 15 is 0 Å². The molecule has 1 unspecified atom stereocenters. The normalized spacial score (nSPS) is 23.9. The second kappa shape index (κ2) is 6.56. The van der Waals surface area contributed by atoms with E-state index in [4.69, 9.17) is 4.42 Å². The van der Waals surface area contributed by atoms with Gasteiger partial charge in [-0.15, -0.1) is 0 Å². The van der Waals surface area contributed by atoms with Crippen LogP contribution in [0.25, 0.3) is 0 Å². The number of rotatable bonds is 4. The number of aliphatic hydroxyl groups is 1. The van der Waals surface area contributed by atoms with Crippen molar-refractivity contribution >= 4 is 11.8 Å². The zero-order chi connectivity index (χ0) is 14.5. The number of nitrogens with one attached hydrogen (secondary N) is 2. The fourth-order valence-electron chi connectivity index (χ4n) is 2.33. The van der Waals surface area contributed by atoms with Gasteiger partial charge in [0.2, 0.25) is 5.91 Å². The van der Waals surface area contributed by atoms with Crippen molar-refractivity contribution < 1.29 is 19.1 Å². The second-order valence-corrected chi connectivity index (χ2v) is 5.14. The molecule has 1 fully saturated rings. The van der Waals surface area contributed by atoms with E-state index in [9.17, 15) is 14.7 Å². The minimum Gasteiger partial charge on any atom is -0.459 e. The van der Waals surface area contributed by atoms with E-state index in [1.165, 1.54) is 12.3 Å². The van der Waals surface area contributed by atoms with Crippen molar-refractivity contribution in [2.75, 3.05) is 0 Å². The maximum absolute atomic E-state index is 12.0. The van der Waals surface area contributed by atoms with E-state index in [2.05, 4.69) is 10.6 Å². The van der Waals surface area contributed by atoms with Crippen LogP contribution in [0.4, 0.5) is 0 Å². The molecule has 1 aromatic heterocycles. The van der Waals surface area contributed by atoms with Crippen molar-refractivity contribution in [1.82, 2.24) is 10.6 Å². The average Bonchev–Trinajstić information content (AvgIpc) is 2.95. The first-order chi connectivity index (χ1) is 9.58. The van der Waals surface area contributed by atoms with Gasteiger partial charge in [0.05, 0.1) is 18.4 Å². The molecular weight excluding hydrogens is 260 g/mol. The van der Waals surface area contributed by atoms with Gasteiger partial charge in [-0.25, -0.2) is 0 Å². The first kappa shape index (κ1) is 14.6. The van der Waals surface area contributed by atoms with Crippen LogP contribution in [-0.2, 0) is 4.79 Å². The highest BCUT2D eigenvalue weighted by Gasteiger charge is 2.27. The SMILES string of the molecule is CC(NC(=O)c1ccco1)C(=O)N[C@@H]1CCCC[C@H]1O. The van der Waals surface area contributed by atoms with Crippen molar-refractivity contribution in [1.29, 1.82) is 0 Å². The Morgan fingerprint density at radius 3 is 2.80 bits per heavy atom. The molecule has 3 N–H and O–H groups in total. The van der Waals surface area contributed by atoms with Gasteiger partial charge in [0.15, 0.2) is 5.76 Å². The standard InChI is InChI=1S/C14H20N2O4/c1-9(15-14(19)12-7-4-8-20-12)13(18)16-10-5-2-3-6-11(10)17/h4,7-11,17H,2-3,5-6H2,1H3,(H,15,19)(H,16,18)/t9?,10-,11-/m1/s1. The monoisotopic (exact) mass is 280 g/mol. The van der Waals surface area contributed by atoms with Gasteiger partial charge in [0.1, 0.15) is 6.04 Å². The average molecular weight is 280 g/mol. The maximum atomic E-state index is 12.0. The molecule has 0 aromatic carbocycles. The van der Waals surface area contributed by atoms with Crippen LogP contribution in [0.15, 0.2) is 22.8 Å². The summed E-state index contributed by atoms with van der Waals surface area (Å²) in [5.41, 5.74) is 0. The van der Waals surface area contributed by atoms with Gasteiger partial charge in [0.25, 0.3) is 5.91 Å². The molecule has 1 heterocycles. The van der Waals surface area contributed by atoms with Crippen LogP contribution in [0.5, 0.6) is 0 Å². The van der Waals surface area contributed by atoms with E-state index in [-0.39, 0.29) is 17.7 Å².